The standard InChI is InChI=1S/C22H17F2N3O4S/c23-22(24)27-14-7-3-2-6-13(14)25-18(27)12-10-32-20(17(12)21(29)30)26-19(28)16-9-11-5-1-4-8-15(11)31-16/h1-8,10,13-14,16,22H,9H2,(H,26,28)(H,29,30). The molecule has 0 spiro atoms. The Labute approximate surface area is 185 Å². The first-order chi connectivity index (χ1) is 15.4. The van der Waals surface area contributed by atoms with Gasteiger partial charge in [-0.1, -0.05) is 42.5 Å². The van der Waals surface area contributed by atoms with Crippen molar-refractivity contribution in [1.82, 2.24) is 4.90 Å². The van der Waals surface area contributed by atoms with E-state index in [4.69, 9.17) is 4.74 Å². The second kappa shape index (κ2) is 7.86. The summed E-state index contributed by atoms with van der Waals surface area (Å²) in [5.41, 5.74) is 0.661. The maximum absolute atomic E-state index is 13.9. The van der Waals surface area contributed by atoms with E-state index in [-0.39, 0.29) is 22.0 Å². The molecule has 2 N–H and O–H groups in total. The SMILES string of the molecule is O=C(O)c1c(C2=NC3C=CC=CC3N2C(F)F)csc1NC(=O)C1Cc2ccccc2O1. The predicted octanol–water partition coefficient (Wildman–Crippen LogP) is 3.54. The number of fused-ring (bicyclic) bond motifs is 2. The van der Waals surface area contributed by atoms with E-state index in [0.717, 1.165) is 21.8 Å². The zero-order valence-corrected chi connectivity index (χ0v) is 17.3. The minimum atomic E-state index is -2.87. The molecule has 7 nitrogen and oxygen atoms in total. The summed E-state index contributed by atoms with van der Waals surface area (Å²) in [6.45, 7) is -2.87. The summed E-state index contributed by atoms with van der Waals surface area (Å²) in [5, 5.41) is 13.9. The lowest BCUT2D eigenvalue weighted by atomic mass is 10.0. The monoisotopic (exact) mass is 457 g/mol. The Bertz CT molecular complexity index is 1160. The van der Waals surface area contributed by atoms with E-state index >= 15 is 0 Å². The van der Waals surface area contributed by atoms with E-state index in [1.165, 1.54) is 5.38 Å². The molecule has 3 unspecified atom stereocenters. The maximum atomic E-state index is 13.9. The molecule has 1 aromatic heterocycles. The van der Waals surface area contributed by atoms with E-state index < -0.39 is 36.6 Å². The van der Waals surface area contributed by atoms with Gasteiger partial charge in [-0.25, -0.2) is 4.79 Å². The molecule has 3 heterocycles. The summed E-state index contributed by atoms with van der Waals surface area (Å²) < 4.78 is 33.4. The van der Waals surface area contributed by atoms with E-state index in [0.29, 0.717) is 12.2 Å². The number of hydrogen-bond donors (Lipinski definition) is 2. The molecule has 1 aromatic carbocycles. The molecule has 0 saturated carbocycles. The van der Waals surface area contributed by atoms with Crippen molar-refractivity contribution in [3.63, 3.8) is 0 Å². The second-order valence-electron chi connectivity index (χ2n) is 7.45. The molecule has 164 valence electrons. The van der Waals surface area contributed by atoms with Crippen LogP contribution in [0.15, 0.2) is 58.9 Å². The number of nitrogens with one attached hydrogen (secondary N) is 1. The number of carbonyl (C=O) groups is 2. The number of carboxylic acids is 1. The number of anilines is 1. The van der Waals surface area contributed by atoms with Crippen LogP contribution in [0.4, 0.5) is 13.8 Å². The van der Waals surface area contributed by atoms with E-state index in [2.05, 4.69) is 10.3 Å². The summed E-state index contributed by atoms with van der Waals surface area (Å²) in [6, 6.07) is 6.03. The molecule has 3 aliphatic rings. The van der Waals surface area contributed by atoms with Crippen LogP contribution in [0.5, 0.6) is 5.75 Å². The van der Waals surface area contributed by atoms with Crippen molar-refractivity contribution in [2.45, 2.75) is 31.2 Å². The smallest absolute Gasteiger partial charge is 0.339 e. The van der Waals surface area contributed by atoms with Crippen molar-refractivity contribution in [3.8, 4) is 5.75 Å². The van der Waals surface area contributed by atoms with Crippen molar-refractivity contribution in [2.24, 2.45) is 4.99 Å². The Hall–Kier alpha value is -3.53. The van der Waals surface area contributed by atoms with Crippen LogP contribution in [0.1, 0.15) is 21.5 Å². The Kier molecular flexibility index (Phi) is 5.01. The Balaban J connectivity index is 1.43. The summed E-state index contributed by atoms with van der Waals surface area (Å²) >= 11 is 0.953. The fraction of sp³-hybridized carbons (Fsp3) is 0.227. The number of carboxylic acid groups (broad SMARTS) is 1. The van der Waals surface area contributed by atoms with Gasteiger partial charge in [-0.15, -0.1) is 11.3 Å². The molecule has 0 saturated heterocycles. The van der Waals surface area contributed by atoms with Crippen LogP contribution in [0.2, 0.25) is 0 Å². The lowest BCUT2D eigenvalue weighted by Crippen LogP contribution is -2.42. The fourth-order valence-electron chi connectivity index (χ4n) is 4.09. The number of para-hydroxylation sites is 1. The third kappa shape index (κ3) is 3.36. The number of hydrogen-bond acceptors (Lipinski definition) is 6. The van der Waals surface area contributed by atoms with Crippen LogP contribution in [-0.4, -0.2) is 52.5 Å². The van der Waals surface area contributed by atoms with Gasteiger partial charge < -0.3 is 15.2 Å². The number of allylic oxidation sites excluding steroid dienone is 2. The maximum Gasteiger partial charge on any atom is 0.339 e. The van der Waals surface area contributed by atoms with Gasteiger partial charge >= 0.3 is 12.5 Å². The minimum absolute atomic E-state index is 0.0462. The van der Waals surface area contributed by atoms with Gasteiger partial charge in [0.05, 0.1) is 12.1 Å². The van der Waals surface area contributed by atoms with Gasteiger partial charge in [-0.2, -0.15) is 8.78 Å². The highest BCUT2D eigenvalue weighted by atomic mass is 32.1. The average molecular weight is 457 g/mol. The number of aliphatic imine (C=N–C) groups is 1. The zero-order chi connectivity index (χ0) is 22.4. The van der Waals surface area contributed by atoms with E-state index in [9.17, 15) is 23.5 Å². The average Bonchev–Trinajstić information content (AvgIpc) is 3.47. The van der Waals surface area contributed by atoms with Gasteiger partial charge in [-0.05, 0) is 11.6 Å². The van der Waals surface area contributed by atoms with Gasteiger partial charge in [0.15, 0.2) is 6.10 Å². The largest absolute Gasteiger partial charge is 0.480 e. The minimum Gasteiger partial charge on any atom is -0.480 e. The summed E-state index contributed by atoms with van der Waals surface area (Å²) in [7, 11) is 0. The summed E-state index contributed by atoms with van der Waals surface area (Å²) in [4.78, 5) is 30.0. The topological polar surface area (TPSA) is 91.2 Å². The molecular weight excluding hydrogens is 440 g/mol. The Morgan fingerprint density at radius 1 is 1.25 bits per heavy atom. The quantitative estimate of drug-likeness (QED) is 0.671. The van der Waals surface area contributed by atoms with Crippen LogP contribution >= 0.6 is 11.3 Å². The first-order valence-electron chi connectivity index (χ1n) is 9.84. The normalized spacial score (nSPS) is 23.0. The number of nitrogens with zero attached hydrogens (tertiary/aromatic N) is 2. The van der Waals surface area contributed by atoms with Crippen LogP contribution in [0.3, 0.4) is 0 Å². The number of aromatic carboxylic acids is 1. The van der Waals surface area contributed by atoms with Crippen LogP contribution < -0.4 is 10.1 Å². The van der Waals surface area contributed by atoms with Gasteiger partial charge in [0.1, 0.15) is 22.1 Å². The van der Waals surface area contributed by atoms with Gasteiger partial charge in [-0.3, -0.25) is 14.7 Å². The number of alkyl halides is 2. The summed E-state index contributed by atoms with van der Waals surface area (Å²) in [6.07, 6.45) is 6.23. The number of ether oxygens (including phenoxy) is 1. The van der Waals surface area contributed by atoms with Crippen molar-refractivity contribution in [3.05, 3.63) is 70.6 Å². The number of rotatable bonds is 5. The van der Waals surface area contributed by atoms with Gasteiger partial charge in [0.25, 0.3) is 5.91 Å². The molecule has 0 radical (unpaired) electrons. The lowest BCUT2D eigenvalue weighted by molar-refractivity contribution is -0.122. The molecule has 2 aromatic rings. The molecule has 1 aliphatic carbocycles. The van der Waals surface area contributed by atoms with Gasteiger partial charge in [0, 0.05) is 17.4 Å². The van der Waals surface area contributed by atoms with Crippen LogP contribution in [0, 0.1) is 0 Å². The zero-order valence-electron chi connectivity index (χ0n) is 16.4. The number of amides is 1. The third-order valence-corrected chi connectivity index (χ3v) is 6.44. The molecule has 0 fully saturated rings. The lowest BCUT2D eigenvalue weighted by Gasteiger charge is -2.27. The molecule has 32 heavy (non-hydrogen) atoms. The number of amidine groups is 1. The number of carbonyl (C=O) groups excluding carboxylic acids is 1. The molecule has 5 rings (SSSR count). The second-order valence-corrected chi connectivity index (χ2v) is 8.33. The van der Waals surface area contributed by atoms with E-state index in [1.807, 2.05) is 12.1 Å². The number of thiophene rings is 1. The van der Waals surface area contributed by atoms with Crippen molar-refractivity contribution < 1.29 is 28.2 Å². The molecular formula is C22H17F2N3O4S. The van der Waals surface area contributed by atoms with E-state index in [1.54, 1.807) is 36.4 Å². The highest BCUT2D eigenvalue weighted by Crippen LogP contribution is 2.36. The molecule has 2 aliphatic heterocycles. The Morgan fingerprint density at radius 3 is 2.78 bits per heavy atom. The van der Waals surface area contributed by atoms with Gasteiger partial charge in [0.2, 0.25) is 0 Å². The number of benzene rings is 1. The number of halogens is 2. The molecule has 0 bridgehead atoms. The third-order valence-electron chi connectivity index (χ3n) is 5.55. The predicted molar refractivity (Wildman–Crippen MR) is 115 cm³/mol. The highest BCUT2D eigenvalue weighted by Gasteiger charge is 2.41. The van der Waals surface area contributed by atoms with Crippen molar-refractivity contribution in [1.29, 1.82) is 0 Å². The van der Waals surface area contributed by atoms with Crippen LogP contribution in [-0.2, 0) is 11.2 Å². The molecule has 10 heteroatoms. The first kappa shape index (κ1) is 20.4. The summed E-state index contributed by atoms with van der Waals surface area (Å²) in [5.74, 6) is -1.35. The van der Waals surface area contributed by atoms with Crippen LogP contribution in [0.25, 0.3) is 0 Å². The highest BCUT2D eigenvalue weighted by molar-refractivity contribution is 7.15. The van der Waals surface area contributed by atoms with Crippen molar-refractivity contribution >= 4 is 34.0 Å². The molecule has 3 atom stereocenters. The van der Waals surface area contributed by atoms with Crippen molar-refractivity contribution in [2.75, 3.05) is 5.32 Å². The first-order valence-corrected chi connectivity index (χ1v) is 10.7. The molecule has 1 amide bonds. The fourth-order valence-corrected chi connectivity index (χ4v) is 5.02. The Morgan fingerprint density at radius 2 is 2.03 bits per heavy atom.